The summed E-state index contributed by atoms with van der Waals surface area (Å²) in [5.41, 5.74) is 3.01. The second-order valence-electron chi connectivity index (χ2n) is 10.2. The van der Waals surface area contributed by atoms with Gasteiger partial charge >= 0.3 is 0 Å². The van der Waals surface area contributed by atoms with Crippen molar-refractivity contribution in [2.24, 2.45) is 5.92 Å². The van der Waals surface area contributed by atoms with Gasteiger partial charge < -0.3 is 15.1 Å². The first-order valence-electron chi connectivity index (χ1n) is 13.2. The van der Waals surface area contributed by atoms with Crippen LogP contribution in [0.3, 0.4) is 0 Å². The Morgan fingerprint density at radius 1 is 1.13 bits per heavy atom. The number of likely N-dealkylation sites (tertiary alicyclic amines) is 1. The zero-order valence-electron chi connectivity index (χ0n) is 21.6. The van der Waals surface area contributed by atoms with E-state index in [-0.39, 0.29) is 29.6 Å². The predicted molar refractivity (Wildman–Crippen MR) is 150 cm³/mol. The summed E-state index contributed by atoms with van der Waals surface area (Å²) >= 11 is 1.62. The number of nitrogens with one attached hydrogen (secondary N) is 2. The number of nitrogens with zero attached hydrogens (tertiary/aromatic N) is 5. The summed E-state index contributed by atoms with van der Waals surface area (Å²) in [7, 11) is 0. The first kappa shape index (κ1) is 25.4. The summed E-state index contributed by atoms with van der Waals surface area (Å²) in [5, 5.41) is 14.2. The second kappa shape index (κ2) is 10.7. The molecule has 11 heteroatoms. The van der Waals surface area contributed by atoms with E-state index in [1.54, 1.807) is 23.5 Å². The number of fused-ring (bicyclic) bond motifs is 1. The molecule has 0 saturated carbocycles. The van der Waals surface area contributed by atoms with E-state index >= 15 is 0 Å². The van der Waals surface area contributed by atoms with Gasteiger partial charge in [0.05, 0.1) is 23.7 Å². The number of benzene rings is 2. The monoisotopic (exact) mass is 547 g/mol. The Balaban J connectivity index is 1.04. The zero-order valence-corrected chi connectivity index (χ0v) is 22.5. The summed E-state index contributed by atoms with van der Waals surface area (Å²) < 4.78 is 13.4. The molecule has 4 heterocycles. The van der Waals surface area contributed by atoms with Crippen molar-refractivity contribution in [3.05, 3.63) is 59.9 Å². The van der Waals surface area contributed by atoms with E-state index < -0.39 is 0 Å². The fourth-order valence-electron chi connectivity index (χ4n) is 5.47. The lowest BCUT2D eigenvalue weighted by molar-refractivity contribution is -0.133. The Hall–Kier alpha value is -3.83. The van der Waals surface area contributed by atoms with Gasteiger partial charge in [0.2, 0.25) is 11.8 Å². The Bertz CT molecular complexity index is 1470. The van der Waals surface area contributed by atoms with Gasteiger partial charge in [-0.1, -0.05) is 0 Å². The Morgan fingerprint density at radius 2 is 1.97 bits per heavy atom. The van der Waals surface area contributed by atoms with E-state index in [0.29, 0.717) is 50.5 Å². The molecule has 2 saturated heterocycles. The minimum atomic E-state index is -0.303. The summed E-state index contributed by atoms with van der Waals surface area (Å²) in [6, 6.07) is 12.0. The molecule has 2 aliphatic heterocycles. The molecule has 2 aromatic carbocycles. The van der Waals surface area contributed by atoms with Crippen LogP contribution in [0.5, 0.6) is 0 Å². The van der Waals surface area contributed by atoms with Crippen LogP contribution in [0.25, 0.3) is 22.2 Å². The molecule has 6 rings (SSSR count). The number of piperazine rings is 1. The molecule has 2 atom stereocenters. The molecule has 0 spiro atoms. The predicted octanol–water partition coefficient (Wildman–Crippen LogP) is 3.82. The molecule has 0 radical (unpaired) electrons. The van der Waals surface area contributed by atoms with Gasteiger partial charge in [0, 0.05) is 60.4 Å². The van der Waals surface area contributed by atoms with Gasteiger partial charge in [-0.15, -0.1) is 11.3 Å². The molecule has 0 aliphatic carbocycles. The van der Waals surface area contributed by atoms with E-state index in [2.05, 4.69) is 37.2 Å². The molecule has 39 heavy (non-hydrogen) atoms. The van der Waals surface area contributed by atoms with Crippen molar-refractivity contribution in [3.8, 4) is 11.3 Å². The van der Waals surface area contributed by atoms with Gasteiger partial charge in [0.15, 0.2) is 5.13 Å². The molecule has 1 unspecified atom stereocenters. The van der Waals surface area contributed by atoms with Gasteiger partial charge in [-0.3, -0.25) is 19.6 Å². The highest BCUT2D eigenvalue weighted by Crippen LogP contribution is 2.29. The summed E-state index contributed by atoms with van der Waals surface area (Å²) in [4.78, 5) is 36.8. The first-order chi connectivity index (χ1) is 18.9. The largest absolute Gasteiger partial charge is 0.342 e. The van der Waals surface area contributed by atoms with Crippen LogP contribution in [0.15, 0.2) is 54.0 Å². The quantitative estimate of drug-likeness (QED) is 0.381. The van der Waals surface area contributed by atoms with Gasteiger partial charge in [0.25, 0.3) is 0 Å². The third kappa shape index (κ3) is 5.37. The van der Waals surface area contributed by atoms with E-state index in [0.717, 1.165) is 28.1 Å². The van der Waals surface area contributed by atoms with Crippen molar-refractivity contribution in [2.45, 2.75) is 19.4 Å². The third-order valence-corrected chi connectivity index (χ3v) is 8.40. The molecule has 2 amide bonds. The number of H-pyrrole nitrogens is 1. The molecule has 202 valence electrons. The van der Waals surface area contributed by atoms with E-state index in [4.69, 9.17) is 0 Å². The Labute approximate surface area is 229 Å². The topological polar surface area (TPSA) is 97.5 Å². The lowest BCUT2D eigenvalue weighted by Crippen LogP contribution is -2.55. The number of hydrogen-bond acceptors (Lipinski definition) is 7. The number of amides is 2. The fraction of sp³-hybridized carbons (Fsp3) is 0.357. The highest BCUT2D eigenvalue weighted by molar-refractivity contribution is 7.13. The maximum Gasteiger partial charge on any atom is 0.236 e. The number of anilines is 2. The molecular weight excluding hydrogens is 517 g/mol. The number of thiazole rings is 1. The molecule has 2 N–H and O–H groups in total. The zero-order chi connectivity index (χ0) is 26.9. The summed E-state index contributed by atoms with van der Waals surface area (Å²) in [5.74, 6) is -0.431. The van der Waals surface area contributed by atoms with Crippen molar-refractivity contribution in [1.29, 1.82) is 0 Å². The van der Waals surface area contributed by atoms with Crippen molar-refractivity contribution in [1.82, 2.24) is 25.0 Å². The van der Waals surface area contributed by atoms with Crippen molar-refractivity contribution < 1.29 is 14.0 Å². The molecule has 4 aromatic rings. The molecular formula is C28H30FN7O2S. The number of carbonyl (C=O) groups excluding carboxylic acids is 2. The van der Waals surface area contributed by atoms with Gasteiger partial charge in [-0.2, -0.15) is 5.10 Å². The van der Waals surface area contributed by atoms with Crippen LogP contribution in [0.1, 0.15) is 13.3 Å². The van der Waals surface area contributed by atoms with Gasteiger partial charge in [-0.05, 0) is 62.4 Å². The van der Waals surface area contributed by atoms with Crippen LogP contribution >= 0.6 is 11.3 Å². The number of aromatic nitrogens is 3. The Kier molecular flexibility index (Phi) is 7.01. The lowest BCUT2D eigenvalue weighted by Gasteiger charge is -2.40. The minimum Gasteiger partial charge on any atom is -0.342 e. The molecule has 2 fully saturated rings. The van der Waals surface area contributed by atoms with Gasteiger partial charge in [0.1, 0.15) is 5.82 Å². The smallest absolute Gasteiger partial charge is 0.236 e. The van der Waals surface area contributed by atoms with E-state index in [1.807, 2.05) is 34.7 Å². The number of carbonyl (C=O) groups is 2. The molecule has 9 nitrogen and oxygen atoms in total. The Morgan fingerprint density at radius 3 is 2.74 bits per heavy atom. The number of hydrogen-bond donors (Lipinski definition) is 2. The normalized spacial score (nSPS) is 20.1. The first-order valence-corrected chi connectivity index (χ1v) is 14.0. The van der Waals surface area contributed by atoms with Crippen LogP contribution in [0.2, 0.25) is 0 Å². The van der Waals surface area contributed by atoms with Crippen molar-refractivity contribution >= 4 is 44.9 Å². The molecule has 2 aliphatic rings. The fourth-order valence-corrected chi connectivity index (χ4v) is 6.24. The lowest BCUT2D eigenvalue weighted by atomic mass is 10.1. The van der Waals surface area contributed by atoms with Gasteiger partial charge in [-0.25, -0.2) is 9.37 Å². The standard InChI is InChI=1S/C28H30FN7O2S/c1-18-15-35(11-12-36(18)28-30-9-13-39-28)25(37)17-34-10-8-20(16-34)27(38)31-22-6-7-24-23(14-22)26(33-32-24)19-2-4-21(29)5-3-19/h2-7,9,13-14,18,20H,8,10-12,15-17H2,1H3,(H,31,38)(H,32,33)/t18-,20?/m0/s1. The van der Waals surface area contributed by atoms with E-state index in [1.165, 1.54) is 12.1 Å². The number of rotatable bonds is 6. The van der Waals surface area contributed by atoms with Crippen LogP contribution in [0, 0.1) is 11.7 Å². The van der Waals surface area contributed by atoms with E-state index in [9.17, 15) is 14.0 Å². The van der Waals surface area contributed by atoms with Crippen LogP contribution in [-0.4, -0.2) is 82.1 Å². The maximum absolute atomic E-state index is 13.4. The van der Waals surface area contributed by atoms with Crippen molar-refractivity contribution in [3.63, 3.8) is 0 Å². The molecule has 0 bridgehead atoms. The highest BCUT2D eigenvalue weighted by atomic mass is 32.1. The number of halogens is 1. The third-order valence-electron chi connectivity index (χ3n) is 7.60. The highest BCUT2D eigenvalue weighted by Gasteiger charge is 2.32. The SMILES string of the molecule is C[C@H]1CN(C(=O)CN2CCC(C(=O)Nc3ccc4[nH]nc(-c5ccc(F)cc5)c4c3)C2)CCN1c1nccs1. The summed E-state index contributed by atoms with van der Waals surface area (Å²) in [6.45, 7) is 5.85. The van der Waals surface area contributed by atoms with Crippen LogP contribution < -0.4 is 10.2 Å². The van der Waals surface area contributed by atoms with Crippen LogP contribution in [-0.2, 0) is 9.59 Å². The average Bonchev–Trinajstić information content (AvgIpc) is 3.70. The minimum absolute atomic E-state index is 0.0539. The van der Waals surface area contributed by atoms with Crippen molar-refractivity contribution in [2.75, 3.05) is 49.5 Å². The average molecular weight is 548 g/mol. The number of aromatic amines is 1. The van der Waals surface area contributed by atoms with Crippen LogP contribution in [0.4, 0.5) is 15.2 Å². The summed E-state index contributed by atoms with van der Waals surface area (Å²) in [6.07, 6.45) is 2.52. The second-order valence-corrected chi connectivity index (χ2v) is 11.1. The molecule has 2 aromatic heterocycles. The maximum atomic E-state index is 13.4.